The number of carbonyl (C=O) groups is 1. The molecule has 0 spiro atoms. The van der Waals surface area contributed by atoms with Crippen LogP contribution in [0.2, 0.25) is 5.02 Å². The molecule has 21 heavy (non-hydrogen) atoms. The van der Waals surface area contributed by atoms with Gasteiger partial charge in [-0.15, -0.1) is 0 Å². The molecule has 0 bridgehead atoms. The Morgan fingerprint density at radius 3 is 2.76 bits per heavy atom. The van der Waals surface area contributed by atoms with Crippen molar-refractivity contribution in [3.8, 4) is 0 Å². The zero-order valence-corrected chi connectivity index (χ0v) is 14.9. The van der Waals surface area contributed by atoms with Crippen molar-refractivity contribution < 1.29 is 9.53 Å². The average molecular weight is 375 g/mol. The number of methoxy groups -OCH3 is 1. The maximum Gasteiger partial charge on any atom is 0.331 e. The van der Waals surface area contributed by atoms with Gasteiger partial charge in [0.15, 0.2) is 0 Å². The van der Waals surface area contributed by atoms with Crippen molar-refractivity contribution in [3.05, 3.63) is 27.7 Å². The van der Waals surface area contributed by atoms with E-state index in [9.17, 15) is 4.79 Å². The number of rotatable bonds is 3. The lowest BCUT2D eigenvalue weighted by Crippen LogP contribution is -2.55. The number of nitrogens with one attached hydrogen (secondary N) is 1. The molecule has 0 aliphatic heterocycles. The molecule has 2 rings (SSSR count). The average Bonchev–Trinajstić information content (AvgIpc) is 2.46. The fraction of sp³-hybridized carbons (Fsp3) is 0.562. The van der Waals surface area contributed by atoms with Gasteiger partial charge in [0, 0.05) is 10.2 Å². The van der Waals surface area contributed by atoms with Gasteiger partial charge in [-0.3, -0.25) is 0 Å². The highest BCUT2D eigenvalue weighted by Crippen LogP contribution is 2.40. The number of benzene rings is 1. The fourth-order valence-corrected chi connectivity index (χ4v) is 3.65. The summed E-state index contributed by atoms with van der Waals surface area (Å²) >= 11 is 9.45. The molecule has 1 aromatic carbocycles. The predicted molar refractivity (Wildman–Crippen MR) is 89.7 cm³/mol. The molecular weight excluding hydrogens is 354 g/mol. The van der Waals surface area contributed by atoms with Gasteiger partial charge in [-0.25, -0.2) is 4.79 Å². The Morgan fingerprint density at radius 2 is 2.14 bits per heavy atom. The Labute approximate surface area is 139 Å². The molecule has 1 aliphatic rings. The number of ether oxygens (including phenoxy) is 1. The van der Waals surface area contributed by atoms with Crippen LogP contribution in [0.3, 0.4) is 0 Å². The van der Waals surface area contributed by atoms with E-state index in [0.717, 1.165) is 29.4 Å². The second kappa shape index (κ2) is 6.57. The Kier molecular flexibility index (Phi) is 5.20. The third kappa shape index (κ3) is 3.37. The van der Waals surface area contributed by atoms with E-state index in [4.69, 9.17) is 16.3 Å². The topological polar surface area (TPSA) is 38.3 Å². The van der Waals surface area contributed by atoms with Crippen LogP contribution in [-0.2, 0) is 9.53 Å². The van der Waals surface area contributed by atoms with Crippen LogP contribution in [0.1, 0.15) is 33.1 Å². The van der Waals surface area contributed by atoms with Crippen molar-refractivity contribution in [1.82, 2.24) is 0 Å². The molecule has 1 N–H and O–H groups in total. The van der Waals surface area contributed by atoms with Crippen LogP contribution in [0.15, 0.2) is 22.7 Å². The summed E-state index contributed by atoms with van der Waals surface area (Å²) in [5, 5.41) is 4.08. The van der Waals surface area contributed by atoms with Crippen LogP contribution in [0.5, 0.6) is 0 Å². The van der Waals surface area contributed by atoms with Gasteiger partial charge < -0.3 is 10.1 Å². The third-order valence-electron chi connectivity index (χ3n) is 4.44. The molecule has 116 valence electrons. The molecule has 0 aromatic heterocycles. The van der Waals surface area contributed by atoms with Crippen LogP contribution >= 0.6 is 27.5 Å². The van der Waals surface area contributed by atoms with E-state index < -0.39 is 5.54 Å². The summed E-state index contributed by atoms with van der Waals surface area (Å²) in [6.07, 6.45) is 2.94. The summed E-state index contributed by atoms with van der Waals surface area (Å²) in [7, 11) is 1.45. The third-order valence-corrected chi connectivity index (χ3v) is 5.65. The minimum atomic E-state index is -0.667. The highest BCUT2D eigenvalue weighted by Gasteiger charge is 2.48. The monoisotopic (exact) mass is 373 g/mol. The molecule has 1 aromatic rings. The highest BCUT2D eigenvalue weighted by molar-refractivity contribution is 9.10. The number of hydrogen-bond acceptors (Lipinski definition) is 3. The molecule has 1 fully saturated rings. The Morgan fingerprint density at radius 1 is 1.43 bits per heavy atom. The van der Waals surface area contributed by atoms with Gasteiger partial charge >= 0.3 is 5.97 Å². The van der Waals surface area contributed by atoms with Crippen molar-refractivity contribution in [1.29, 1.82) is 0 Å². The number of hydrogen-bond donors (Lipinski definition) is 1. The smallest absolute Gasteiger partial charge is 0.331 e. The standard InChI is InChI=1S/C16H21BrClNO2/c1-10-4-5-11(2)16(9-10,15(20)21-3)19-12-6-7-14(18)13(17)8-12/h6-8,10-11,19H,4-5,9H2,1-3H3. The van der Waals surface area contributed by atoms with Gasteiger partial charge in [0.25, 0.3) is 0 Å². The summed E-state index contributed by atoms with van der Waals surface area (Å²) in [5.74, 6) is 0.520. The second-order valence-electron chi connectivity index (χ2n) is 6.00. The molecule has 0 radical (unpaired) electrons. The quantitative estimate of drug-likeness (QED) is 0.766. The van der Waals surface area contributed by atoms with Crippen LogP contribution in [0.25, 0.3) is 0 Å². The molecule has 1 saturated carbocycles. The zero-order chi connectivity index (χ0) is 15.6. The van der Waals surface area contributed by atoms with Crippen LogP contribution in [0, 0.1) is 11.8 Å². The van der Waals surface area contributed by atoms with E-state index in [1.807, 2.05) is 18.2 Å². The van der Waals surface area contributed by atoms with Crippen molar-refractivity contribution >= 4 is 39.2 Å². The molecule has 1 aliphatic carbocycles. The lowest BCUT2D eigenvalue weighted by Gasteiger charge is -2.43. The summed E-state index contributed by atoms with van der Waals surface area (Å²) in [6, 6.07) is 5.61. The summed E-state index contributed by atoms with van der Waals surface area (Å²) in [5.41, 5.74) is 0.206. The van der Waals surface area contributed by atoms with Crippen molar-refractivity contribution in [2.24, 2.45) is 11.8 Å². The molecule has 3 nitrogen and oxygen atoms in total. The minimum absolute atomic E-state index is 0.187. The first-order chi connectivity index (χ1) is 9.89. The molecular formula is C16H21BrClNO2. The Bertz CT molecular complexity index is 537. The van der Waals surface area contributed by atoms with Gasteiger partial charge in [-0.1, -0.05) is 31.9 Å². The largest absolute Gasteiger partial charge is 0.467 e. The van der Waals surface area contributed by atoms with Gasteiger partial charge in [0.2, 0.25) is 0 Å². The molecule has 0 saturated heterocycles. The number of carbonyl (C=O) groups excluding carboxylic acids is 1. The van der Waals surface area contributed by atoms with Crippen molar-refractivity contribution in [2.45, 2.75) is 38.6 Å². The van der Waals surface area contributed by atoms with E-state index in [1.165, 1.54) is 7.11 Å². The Hall–Kier alpha value is -0.740. The molecule has 0 heterocycles. The lowest BCUT2D eigenvalue weighted by atomic mass is 9.69. The summed E-state index contributed by atoms with van der Waals surface area (Å²) in [6.45, 7) is 4.30. The lowest BCUT2D eigenvalue weighted by molar-refractivity contribution is -0.150. The van der Waals surface area contributed by atoms with E-state index in [2.05, 4.69) is 35.1 Å². The molecule has 3 atom stereocenters. The van der Waals surface area contributed by atoms with Crippen LogP contribution in [0.4, 0.5) is 5.69 Å². The fourth-order valence-electron chi connectivity index (χ4n) is 3.16. The van der Waals surface area contributed by atoms with Crippen molar-refractivity contribution in [2.75, 3.05) is 12.4 Å². The van der Waals surface area contributed by atoms with E-state index in [-0.39, 0.29) is 11.9 Å². The highest BCUT2D eigenvalue weighted by atomic mass is 79.9. The van der Waals surface area contributed by atoms with Crippen LogP contribution < -0.4 is 5.32 Å². The van der Waals surface area contributed by atoms with Gasteiger partial charge in [-0.2, -0.15) is 0 Å². The maximum absolute atomic E-state index is 12.5. The normalized spacial score (nSPS) is 29.0. The number of esters is 1. The molecule has 0 amide bonds. The second-order valence-corrected chi connectivity index (χ2v) is 7.27. The first-order valence-electron chi connectivity index (χ1n) is 7.20. The minimum Gasteiger partial charge on any atom is -0.467 e. The molecule has 3 unspecified atom stereocenters. The number of halogens is 2. The molecule has 5 heteroatoms. The number of anilines is 1. The predicted octanol–water partition coefficient (Wildman–Crippen LogP) is 4.88. The van der Waals surface area contributed by atoms with Crippen molar-refractivity contribution in [3.63, 3.8) is 0 Å². The summed E-state index contributed by atoms with van der Waals surface area (Å²) in [4.78, 5) is 12.5. The summed E-state index contributed by atoms with van der Waals surface area (Å²) < 4.78 is 5.91. The van der Waals surface area contributed by atoms with Gasteiger partial charge in [-0.05, 0) is 58.8 Å². The van der Waals surface area contributed by atoms with Crippen LogP contribution in [-0.4, -0.2) is 18.6 Å². The first-order valence-corrected chi connectivity index (χ1v) is 8.38. The van der Waals surface area contributed by atoms with E-state index in [0.29, 0.717) is 10.9 Å². The maximum atomic E-state index is 12.5. The first kappa shape index (κ1) is 16.6. The Balaban J connectivity index is 2.35. The zero-order valence-electron chi connectivity index (χ0n) is 12.6. The van der Waals surface area contributed by atoms with Gasteiger partial charge in [0.1, 0.15) is 5.54 Å². The van der Waals surface area contributed by atoms with E-state index in [1.54, 1.807) is 0 Å². The SMILES string of the molecule is COC(=O)C1(Nc2ccc(Cl)c(Br)c2)CC(C)CCC1C. The van der Waals surface area contributed by atoms with Gasteiger partial charge in [0.05, 0.1) is 12.1 Å². The van der Waals surface area contributed by atoms with E-state index >= 15 is 0 Å².